The monoisotopic (exact) mass is 468 g/mol. The second-order valence-electron chi connectivity index (χ2n) is 7.78. The quantitative estimate of drug-likeness (QED) is 0.564. The SMILES string of the molecule is CCC(C)N(CC(=O)N(CCOC)Cc1cccn1C)C(=O)Nc1ccccc1C(F)(F)F. The van der Waals surface area contributed by atoms with Crippen molar-refractivity contribution in [3.8, 4) is 0 Å². The van der Waals surface area contributed by atoms with Crippen LogP contribution in [0.25, 0.3) is 0 Å². The number of carbonyl (C=O) groups excluding carboxylic acids is 2. The molecule has 0 aliphatic heterocycles. The molecule has 1 aromatic heterocycles. The molecular formula is C23H31F3N4O3. The Balaban J connectivity index is 2.22. The molecule has 33 heavy (non-hydrogen) atoms. The fourth-order valence-electron chi connectivity index (χ4n) is 3.27. The van der Waals surface area contributed by atoms with Crippen molar-refractivity contribution < 1.29 is 27.5 Å². The third kappa shape index (κ3) is 7.24. The lowest BCUT2D eigenvalue weighted by atomic mass is 10.1. The van der Waals surface area contributed by atoms with Gasteiger partial charge in [-0.3, -0.25) is 4.79 Å². The van der Waals surface area contributed by atoms with Crippen molar-refractivity contribution in [3.05, 3.63) is 53.9 Å². The van der Waals surface area contributed by atoms with Gasteiger partial charge in [-0.2, -0.15) is 13.2 Å². The number of carbonyl (C=O) groups is 2. The minimum absolute atomic E-state index is 0.275. The van der Waals surface area contributed by atoms with E-state index in [1.165, 1.54) is 30.2 Å². The number of nitrogens with one attached hydrogen (secondary N) is 1. The van der Waals surface area contributed by atoms with Crippen LogP contribution in [-0.4, -0.2) is 59.2 Å². The van der Waals surface area contributed by atoms with Crippen molar-refractivity contribution >= 4 is 17.6 Å². The second-order valence-corrected chi connectivity index (χ2v) is 7.78. The van der Waals surface area contributed by atoms with Crippen molar-refractivity contribution in [2.24, 2.45) is 7.05 Å². The summed E-state index contributed by atoms with van der Waals surface area (Å²) in [5, 5.41) is 2.34. The van der Waals surface area contributed by atoms with Gasteiger partial charge in [0.05, 0.1) is 24.4 Å². The molecule has 1 heterocycles. The molecule has 1 unspecified atom stereocenters. The number of halogens is 3. The van der Waals surface area contributed by atoms with Crippen LogP contribution >= 0.6 is 0 Å². The van der Waals surface area contributed by atoms with E-state index in [1.807, 2.05) is 36.9 Å². The van der Waals surface area contributed by atoms with Crippen molar-refractivity contribution in [1.82, 2.24) is 14.4 Å². The predicted molar refractivity (Wildman–Crippen MR) is 120 cm³/mol. The summed E-state index contributed by atoms with van der Waals surface area (Å²) in [5.41, 5.74) is -0.395. The molecule has 3 amide bonds. The first-order valence-electron chi connectivity index (χ1n) is 10.7. The number of hydrogen-bond donors (Lipinski definition) is 1. The van der Waals surface area contributed by atoms with E-state index in [4.69, 9.17) is 4.74 Å². The third-order valence-corrected chi connectivity index (χ3v) is 5.49. The third-order valence-electron chi connectivity index (χ3n) is 5.49. The maximum absolute atomic E-state index is 13.3. The molecule has 0 saturated carbocycles. The summed E-state index contributed by atoms with van der Waals surface area (Å²) in [6.07, 6.45) is -2.23. The normalized spacial score (nSPS) is 12.3. The van der Waals surface area contributed by atoms with Crippen LogP contribution in [0.3, 0.4) is 0 Å². The smallest absolute Gasteiger partial charge is 0.383 e. The van der Waals surface area contributed by atoms with Gasteiger partial charge in [0.15, 0.2) is 0 Å². The number of alkyl halides is 3. The standard InChI is InChI=1S/C23H31F3N4O3/c1-5-17(2)30(22(32)27-20-11-7-6-10-19(20)23(24,25)26)16-21(31)29(13-14-33-4)15-18-9-8-12-28(18)3/h6-12,17H,5,13-16H2,1-4H3,(H,27,32). The van der Waals surface area contributed by atoms with Crippen molar-refractivity contribution in [2.75, 3.05) is 32.1 Å². The van der Waals surface area contributed by atoms with E-state index in [0.717, 1.165) is 11.8 Å². The summed E-state index contributed by atoms with van der Waals surface area (Å²) in [6.45, 7) is 4.25. The number of rotatable bonds is 10. The molecule has 2 rings (SSSR count). The molecule has 0 aliphatic rings. The number of anilines is 1. The van der Waals surface area contributed by atoms with Gasteiger partial charge in [0.1, 0.15) is 6.54 Å². The average Bonchev–Trinajstić information content (AvgIpc) is 3.18. The molecular weight excluding hydrogens is 437 g/mol. The number of urea groups is 1. The highest BCUT2D eigenvalue weighted by Crippen LogP contribution is 2.34. The molecule has 0 fully saturated rings. The summed E-state index contributed by atoms with van der Waals surface area (Å²) >= 11 is 0. The van der Waals surface area contributed by atoms with Gasteiger partial charge in [0.2, 0.25) is 5.91 Å². The first-order chi connectivity index (χ1) is 15.6. The number of aryl methyl sites for hydroxylation is 1. The fraction of sp³-hybridized carbons (Fsp3) is 0.478. The Morgan fingerprint density at radius 3 is 2.45 bits per heavy atom. The lowest BCUT2D eigenvalue weighted by Gasteiger charge is -2.31. The van der Waals surface area contributed by atoms with Crippen molar-refractivity contribution in [3.63, 3.8) is 0 Å². The predicted octanol–water partition coefficient (Wildman–Crippen LogP) is 4.35. The van der Waals surface area contributed by atoms with Crippen LogP contribution in [-0.2, 0) is 29.3 Å². The zero-order valence-corrected chi connectivity index (χ0v) is 19.4. The maximum atomic E-state index is 13.3. The Morgan fingerprint density at radius 1 is 1.18 bits per heavy atom. The van der Waals surface area contributed by atoms with E-state index in [0.29, 0.717) is 26.1 Å². The van der Waals surface area contributed by atoms with Crippen LogP contribution in [0, 0.1) is 0 Å². The van der Waals surface area contributed by atoms with Crippen molar-refractivity contribution in [2.45, 2.75) is 39.0 Å². The number of methoxy groups -OCH3 is 1. The van der Waals surface area contributed by atoms with Gasteiger partial charge >= 0.3 is 12.2 Å². The molecule has 10 heteroatoms. The number of hydrogen-bond acceptors (Lipinski definition) is 3. The van der Waals surface area contributed by atoms with Crippen LogP contribution in [0.15, 0.2) is 42.6 Å². The number of amides is 3. The summed E-state index contributed by atoms with van der Waals surface area (Å²) in [4.78, 5) is 29.0. The molecule has 1 N–H and O–H groups in total. The second kappa shape index (κ2) is 11.7. The Hall–Kier alpha value is -3.01. The van der Waals surface area contributed by atoms with E-state index >= 15 is 0 Å². The zero-order chi connectivity index (χ0) is 24.6. The van der Waals surface area contributed by atoms with E-state index < -0.39 is 17.8 Å². The van der Waals surface area contributed by atoms with Gasteiger partial charge in [-0.1, -0.05) is 19.1 Å². The van der Waals surface area contributed by atoms with E-state index in [9.17, 15) is 22.8 Å². The molecule has 182 valence electrons. The largest absolute Gasteiger partial charge is 0.418 e. The Bertz CT molecular complexity index is 930. The molecule has 0 radical (unpaired) electrons. The van der Waals surface area contributed by atoms with Gasteiger partial charge in [-0.25, -0.2) is 4.79 Å². The molecule has 0 aliphatic carbocycles. The van der Waals surface area contributed by atoms with E-state index in [-0.39, 0.29) is 24.2 Å². The van der Waals surface area contributed by atoms with Gasteiger partial charge in [-0.05, 0) is 37.6 Å². The van der Waals surface area contributed by atoms with Gasteiger partial charge < -0.3 is 24.4 Å². The number of nitrogens with zero attached hydrogens (tertiary/aromatic N) is 3. The van der Waals surface area contributed by atoms with Crippen LogP contribution in [0.5, 0.6) is 0 Å². The molecule has 0 bridgehead atoms. The first-order valence-corrected chi connectivity index (χ1v) is 10.7. The highest BCUT2D eigenvalue weighted by molar-refractivity contribution is 5.93. The fourth-order valence-corrected chi connectivity index (χ4v) is 3.27. The topological polar surface area (TPSA) is 66.8 Å². The van der Waals surface area contributed by atoms with Crippen LogP contribution in [0.4, 0.5) is 23.7 Å². The van der Waals surface area contributed by atoms with Gasteiger partial charge in [0.25, 0.3) is 0 Å². The summed E-state index contributed by atoms with van der Waals surface area (Å²) in [5.74, 6) is -0.326. The minimum atomic E-state index is -4.62. The molecule has 0 saturated heterocycles. The summed E-state index contributed by atoms with van der Waals surface area (Å²) in [6, 6.07) is 7.39. The van der Waals surface area contributed by atoms with Crippen molar-refractivity contribution in [1.29, 1.82) is 0 Å². The van der Waals surface area contributed by atoms with E-state index in [2.05, 4.69) is 5.32 Å². The molecule has 1 atom stereocenters. The van der Waals surface area contributed by atoms with Gasteiger partial charge in [-0.15, -0.1) is 0 Å². The van der Waals surface area contributed by atoms with Crippen LogP contribution in [0.2, 0.25) is 0 Å². The van der Waals surface area contributed by atoms with Crippen LogP contribution < -0.4 is 5.32 Å². The van der Waals surface area contributed by atoms with Crippen LogP contribution in [0.1, 0.15) is 31.5 Å². The molecule has 0 spiro atoms. The summed E-state index contributed by atoms with van der Waals surface area (Å²) in [7, 11) is 3.40. The average molecular weight is 469 g/mol. The number of ether oxygens (including phenoxy) is 1. The van der Waals surface area contributed by atoms with E-state index in [1.54, 1.807) is 11.8 Å². The highest BCUT2D eigenvalue weighted by atomic mass is 19.4. The lowest BCUT2D eigenvalue weighted by Crippen LogP contribution is -2.48. The Morgan fingerprint density at radius 2 is 1.88 bits per heavy atom. The number of aromatic nitrogens is 1. The number of benzene rings is 1. The number of para-hydroxylation sites is 1. The maximum Gasteiger partial charge on any atom is 0.418 e. The zero-order valence-electron chi connectivity index (χ0n) is 19.4. The summed E-state index contributed by atoms with van der Waals surface area (Å²) < 4.78 is 47.0. The molecule has 7 nitrogen and oxygen atoms in total. The first kappa shape index (κ1) is 26.2. The molecule has 1 aromatic carbocycles. The highest BCUT2D eigenvalue weighted by Gasteiger charge is 2.34. The minimum Gasteiger partial charge on any atom is -0.383 e. The molecule has 2 aromatic rings. The Labute approximate surface area is 192 Å². The lowest BCUT2D eigenvalue weighted by molar-refractivity contribution is -0.137. The van der Waals surface area contributed by atoms with Gasteiger partial charge in [0, 0.05) is 38.6 Å². The Kier molecular flexibility index (Phi) is 9.33.